The summed E-state index contributed by atoms with van der Waals surface area (Å²) >= 11 is 1.44. The van der Waals surface area contributed by atoms with Gasteiger partial charge >= 0.3 is 0 Å². The molecule has 2 aliphatic heterocycles. The summed E-state index contributed by atoms with van der Waals surface area (Å²) in [6, 6.07) is 11.5. The second kappa shape index (κ2) is 7.35. The minimum atomic E-state index is -0.415. The van der Waals surface area contributed by atoms with E-state index in [0.717, 1.165) is 24.3 Å². The van der Waals surface area contributed by atoms with Crippen molar-refractivity contribution >= 4 is 23.2 Å². The number of rotatable bonds is 3. The topological polar surface area (TPSA) is 58.6 Å². The molecule has 3 heterocycles. The Morgan fingerprint density at radius 1 is 1.30 bits per heavy atom. The van der Waals surface area contributed by atoms with E-state index in [4.69, 9.17) is 4.74 Å². The Balaban J connectivity index is 1.61. The lowest BCUT2D eigenvalue weighted by molar-refractivity contribution is -0.130. The van der Waals surface area contributed by atoms with Crippen molar-refractivity contribution in [3.63, 3.8) is 0 Å². The van der Waals surface area contributed by atoms with Crippen molar-refractivity contribution in [3.05, 3.63) is 52.2 Å². The van der Waals surface area contributed by atoms with E-state index in [-0.39, 0.29) is 17.9 Å². The third kappa shape index (κ3) is 3.58. The molecule has 1 aromatic heterocycles. The normalized spacial score (nSPS) is 24.9. The fraction of sp³-hybridized carbons (Fsp3) is 0.429. The van der Waals surface area contributed by atoms with E-state index < -0.39 is 5.60 Å². The first-order chi connectivity index (χ1) is 13.1. The molecule has 2 amide bonds. The number of carbonyl (C=O) groups is 2. The van der Waals surface area contributed by atoms with Crippen LogP contribution in [-0.2, 0) is 4.79 Å². The van der Waals surface area contributed by atoms with Gasteiger partial charge in [0, 0.05) is 37.9 Å². The van der Waals surface area contributed by atoms with Crippen molar-refractivity contribution in [2.24, 2.45) is 0 Å². The number of nitrogens with zero attached hydrogens (tertiary/aromatic N) is 1. The van der Waals surface area contributed by atoms with Crippen molar-refractivity contribution < 1.29 is 14.3 Å². The number of thiophene rings is 1. The van der Waals surface area contributed by atoms with Crippen LogP contribution in [-0.4, -0.2) is 35.4 Å². The van der Waals surface area contributed by atoms with E-state index in [1.165, 1.54) is 11.3 Å². The fourth-order valence-corrected chi connectivity index (χ4v) is 4.73. The second-order valence-corrected chi connectivity index (χ2v) is 8.20. The quantitative estimate of drug-likeness (QED) is 0.876. The summed E-state index contributed by atoms with van der Waals surface area (Å²) in [4.78, 5) is 27.6. The molecule has 2 aliphatic rings. The molecule has 0 saturated carbocycles. The van der Waals surface area contributed by atoms with Crippen LogP contribution in [0.5, 0.6) is 5.75 Å². The summed E-state index contributed by atoms with van der Waals surface area (Å²) in [6.45, 7) is 3.43. The van der Waals surface area contributed by atoms with Gasteiger partial charge in [0.1, 0.15) is 11.4 Å². The van der Waals surface area contributed by atoms with E-state index in [1.54, 1.807) is 0 Å². The summed E-state index contributed by atoms with van der Waals surface area (Å²) in [5, 5.41) is 5.11. The highest BCUT2D eigenvalue weighted by Crippen LogP contribution is 2.44. The maximum atomic E-state index is 12.7. The monoisotopic (exact) mass is 384 g/mol. The molecule has 1 spiro atoms. The summed E-state index contributed by atoms with van der Waals surface area (Å²) in [7, 11) is 0. The molecule has 2 aromatic rings. The van der Waals surface area contributed by atoms with E-state index in [1.807, 2.05) is 53.6 Å². The minimum absolute atomic E-state index is 0.0539. The lowest BCUT2D eigenvalue weighted by Crippen LogP contribution is -2.45. The fourth-order valence-electron chi connectivity index (χ4n) is 4.11. The van der Waals surface area contributed by atoms with Crippen LogP contribution >= 0.6 is 11.3 Å². The van der Waals surface area contributed by atoms with E-state index in [0.29, 0.717) is 30.7 Å². The Labute approximate surface area is 163 Å². The first-order valence-electron chi connectivity index (χ1n) is 9.50. The average Bonchev–Trinajstić information content (AvgIpc) is 3.17. The highest BCUT2D eigenvalue weighted by molar-refractivity contribution is 7.12. The summed E-state index contributed by atoms with van der Waals surface area (Å²) < 4.78 is 6.46. The smallest absolute Gasteiger partial charge is 0.261 e. The van der Waals surface area contributed by atoms with Crippen LogP contribution in [0.3, 0.4) is 0 Å². The molecule has 1 saturated heterocycles. The average molecular weight is 385 g/mol. The van der Waals surface area contributed by atoms with Gasteiger partial charge in [-0.3, -0.25) is 9.59 Å². The highest BCUT2D eigenvalue weighted by Gasteiger charge is 2.43. The third-order valence-corrected chi connectivity index (χ3v) is 6.48. The van der Waals surface area contributed by atoms with E-state index in [9.17, 15) is 9.59 Å². The zero-order valence-corrected chi connectivity index (χ0v) is 16.3. The van der Waals surface area contributed by atoms with Gasteiger partial charge in [-0.25, -0.2) is 0 Å². The molecular formula is C21H24N2O3S. The molecule has 0 radical (unpaired) electrons. The van der Waals surface area contributed by atoms with E-state index in [2.05, 4.69) is 5.32 Å². The van der Waals surface area contributed by atoms with Crippen molar-refractivity contribution in [2.75, 3.05) is 13.1 Å². The Morgan fingerprint density at radius 3 is 2.93 bits per heavy atom. The van der Waals surface area contributed by atoms with Crippen LogP contribution in [0.25, 0.3) is 0 Å². The predicted octanol–water partition coefficient (Wildman–Crippen LogP) is 3.77. The third-order valence-electron chi connectivity index (χ3n) is 5.61. The number of nitrogens with one attached hydrogen (secondary N) is 1. The largest absolute Gasteiger partial charge is 0.487 e. The standard InChI is InChI=1S/C21H24N2O3S/c1-2-23-12-11-21(10-9-19(23)24)14-16(15-6-3-4-7-17(15)26-21)22-20(25)18-8-5-13-27-18/h3-8,13,16H,2,9-12,14H2,1H3,(H,22,25)/t16-,21+/m0/s1. The Bertz CT molecular complexity index is 836. The van der Waals surface area contributed by atoms with Crippen LogP contribution in [0.4, 0.5) is 0 Å². The molecule has 1 aromatic carbocycles. The number of para-hydroxylation sites is 1. The van der Waals surface area contributed by atoms with Crippen molar-refractivity contribution in [2.45, 2.75) is 44.2 Å². The summed E-state index contributed by atoms with van der Waals surface area (Å²) in [5.74, 6) is 0.954. The van der Waals surface area contributed by atoms with Crippen LogP contribution < -0.4 is 10.1 Å². The number of likely N-dealkylation sites (tertiary alicyclic amines) is 1. The molecule has 0 aliphatic carbocycles. The first kappa shape index (κ1) is 18.0. The number of fused-ring (bicyclic) bond motifs is 1. The van der Waals surface area contributed by atoms with Gasteiger partial charge in [0.15, 0.2) is 0 Å². The van der Waals surface area contributed by atoms with Crippen LogP contribution in [0, 0.1) is 0 Å². The van der Waals surface area contributed by atoms with Gasteiger partial charge in [-0.2, -0.15) is 0 Å². The number of hydrogen-bond donors (Lipinski definition) is 1. The zero-order valence-electron chi connectivity index (χ0n) is 15.4. The molecule has 142 valence electrons. The molecule has 27 heavy (non-hydrogen) atoms. The summed E-state index contributed by atoms with van der Waals surface area (Å²) in [6.07, 6.45) is 2.64. The molecule has 5 nitrogen and oxygen atoms in total. The number of hydrogen-bond acceptors (Lipinski definition) is 4. The van der Waals surface area contributed by atoms with E-state index >= 15 is 0 Å². The van der Waals surface area contributed by atoms with Crippen LogP contribution in [0.2, 0.25) is 0 Å². The number of carbonyl (C=O) groups excluding carboxylic acids is 2. The second-order valence-electron chi connectivity index (χ2n) is 7.25. The van der Waals surface area contributed by atoms with Gasteiger partial charge < -0.3 is 15.0 Å². The number of amides is 2. The highest BCUT2D eigenvalue weighted by atomic mass is 32.1. The molecule has 6 heteroatoms. The lowest BCUT2D eigenvalue weighted by atomic mass is 9.82. The maximum absolute atomic E-state index is 12.7. The van der Waals surface area contributed by atoms with Gasteiger partial charge in [-0.1, -0.05) is 24.3 Å². The summed E-state index contributed by atoms with van der Waals surface area (Å²) in [5.41, 5.74) is 0.595. The molecule has 4 rings (SSSR count). The van der Waals surface area contributed by atoms with Gasteiger partial charge in [0.2, 0.25) is 5.91 Å². The lowest BCUT2D eigenvalue weighted by Gasteiger charge is -2.42. The van der Waals surface area contributed by atoms with Crippen LogP contribution in [0.15, 0.2) is 41.8 Å². The van der Waals surface area contributed by atoms with Gasteiger partial charge in [0.25, 0.3) is 5.91 Å². The minimum Gasteiger partial charge on any atom is -0.487 e. The number of ether oxygens (including phenoxy) is 1. The van der Waals surface area contributed by atoms with Gasteiger partial charge in [-0.05, 0) is 30.9 Å². The Hall–Kier alpha value is -2.34. The Morgan fingerprint density at radius 2 is 2.15 bits per heavy atom. The van der Waals surface area contributed by atoms with Crippen molar-refractivity contribution in [3.8, 4) is 5.75 Å². The van der Waals surface area contributed by atoms with Crippen molar-refractivity contribution in [1.82, 2.24) is 10.2 Å². The molecular weight excluding hydrogens is 360 g/mol. The predicted molar refractivity (Wildman–Crippen MR) is 105 cm³/mol. The maximum Gasteiger partial charge on any atom is 0.261 e. The number of benzene rings is 1. The SMILES string of the molecule is CCN1CC[C@]2(CCC1=O)C[C@H](NC(=O)c1cccs1)c1ccccc1O2. The van der Waals surface area contributed by atoms with Gasteiger partial charge in [-0.15, -0.1) is 11.3 Å². The molecule has 2 atom stereocenters. The molecule has 1 N–H and O–H groups in total. The van der Waals surface area contributed by atoms with Gasteiger partial charge in [0.05, 0.1) is 10.9 Å². The molecule has 0 bridgehead atoms. The van der Waals surface area contributed by atoms with Crippen LogP contribution in [0.1, 0.15) is 53.9 Å². The Kier molecular flexibility index (Phi) is 4.91. The molecule has 1 fully saturated rings. The molecule has 0 unspecified atom stereocenters. The van der Waals surface area contributed by atoms with Crippen molar-refractivity contribution in [1.29, 1.82) is 0 Å². The first-order valence-corrected chi connectivity index (χ1v) is 10.4. The zero-order chi connectivity index (χ0) is 18.9.